The summed E-state index contributed by atoms with van der Waals surface area (Å²) in [6, 6.07) is 2.47. The van der Waals surface area contributed by atoms with Gasteiger partial charge >= 0.3 is 0 Å². The van der Waals surface area contributed by atoms with E-state index in [0.29, 0.717) is 12.0 Å². The van der Waals surface area contributed by atoms with Gasteiger partial charge in [0, 0.05) is 25.0 Å². The third-order valence-electron chi connectivity index (χ3n) is 3.96. The van der Waals surface area contributed by atoms with Crippen molar-refractivity contribution in [1.29, 1.82) is 0 Å². The van der Waals surface area contributed by atoms with Crippen LogP contribution in [0, 0.1) is 12.8 Å². The monoisotopic (exact) mass is 259 g/mol. The largest absolute Gasteiger partial charge is 0.368 e. The molecule has 0 amide bonds. The van der Waals surface area contributed by atoms with Crippen molar-refractivity contribution in [3.05, 3.63) is 24.2 Å². The normalized spacial score (nSPS) is 23.7. The van der Waals surface area contributed by atoms with E-state index < -0.39 is 0 Å². The van der Waals surface area contributed by atoms with E-state index >= 15 is 0 Å². The van der Waals surface area contributed by atoms with Gasteiger partial charge in [-0.15, -0.1) is 0 Å². The van der Waals surface area contributed by atoms with Gasteiger partial charge in [-0.05, 0) is 44.6 Å². The quantitative estimate of drug-likeness (QED) is 0.884. The number of aryl methyl sites for hydroxylation is 1. The Morgan fingerprint density at radius 2 is 2.16 bits per heavy atom. The molecule has 0 aliphatic heterocycles. The highest BCUT2D eigenvalue weighted by Crippen LogP contribution is 2.24. The van der Waals surface area contributed by atoms with Crippen molar-refractivity contribution in [3.63, 3.8) is 0 Å². The molecule has 1 aliphatic rings. The molecule has 3 rings (SSSR count). The van der Waals surface area contributed by atoms with Crippen LogP contribution in [0.1, 0.15) is 31.4 Å². The lowest BCUT2D eigenvalue weighted by molar-refractivity contribution is 0.338. The van der Waals surface area contributed by atoms with Gasteiger partial charge in [0.25, 0.3) is 0 Å². The Morgan fingerprint density at radius 1 is 1.37 bits per heavy atom. The van der Waals surface area contributed by atoms with E-state index in [-0.39, 0.29) is 0 Å². The topological polar surface area (TPSA) is 68.2 Å². The zero-order valence-corrected chi connectivity index (χ0v) is 11.3. The van der Waals surface area contributed by atoms with E-state index in [4.69, 9.17) is 5.73 Å². The molecular formula is C14H21N5. The third kappa shape index (κ3) is 2.71. The number of rotatable bonds is 3. The van der Waals surface area contributed by atoms with Crippen LogP contribution in [-0.2, 0) is 0 Å². The van der Waals surface area contributed by atoms with Gasteiger partial charge in [0.1, 0.15) is 5.52 Å². The first-order valence-corrected chi connectivity index (χ1v) is 7.03. The number of nitrogens with one attached hydrogen (secondary N) is 1. The van der Waals surface area contributed by atoms with Crippen LogP contribution in [0.25, 0.3) is 5.52 Å². The minimum Gasteiger partial charge on any atom is -0.368 e. The van der Waals surface area contributed by atoms with Crippen molar-refractivity contribution >= 4 is 11.3 Å². The highest BCUT2D eigenvalue weighted by molar-refractivity contribution is 5.67. The molecule has 1 fully saturated rings. The van der Waals surface area contributed by atoms with Crippen LogP contribution in [0.2, 0.25) is 0 Å². The third-order valence-corrected chi connectivity index (χ3v) is 3.96. The predicted molar refractivity (Wildman–Crippen MR) is 76.1 cm³/mol. The molecule has 5 heteroatoms. The summed E-state index contributed by atoms with van der Waals surface area (Å²) < 4.78 is 1.88. The summed E-state index contributed by atoms with van der Waals surface area (Å²) in [6.45, 7) is 2.98. The summed E-state index contributed by atoms with van der Waals surface area (Å²) >= 11 is 0. The SMILES string of the molecule is Cc1cc2c(NCC3CCC(N)CC3)nccn2n1. The lowest BCUT2D eigenvalue weighted by Crippen LogP contribution is -2.29. The van der Waals surface area contributed by atoms with Crippen molar-refractivity contribution < 1.29 is 0 Å². The number of hydrogen-bond donors (Lipinski definition) is 2. The zero-order chi connectivity index (χ0) is 13.2. The second-order valence-electron chi connectivity index (χ2n) is 5.55. The van der Waals surface area contributed by atoms with Crippen LogP contribution >= 0.6 is 0 Å². The van der Waals surface area contributed by atoms with Crippen LogP contribution < -0.4 is 11.1 Å². The molecule has 0 unspecified atom stereocenters. The van der Waals surface area contributed by atoms with Gasteiger partial charge in [0.05, 0.1) is 5.69 Å². The van der Waals surface area contributed by atoms with E-state index in [1.54, 1.807) is 6.20 Å². The second kappa shape index (κ2) is 5.17. The number of aromatic nitrogens is 3. The summed E-state index contributed by atoms with van der Waals surface area (Å²) in [4.78, 5) is 4.42. The molecule has 2 heterocycles. The van der Waals surface area contributed by atoms with Crippen molar-refractivity contribution in [2.45, 2.75) is 38.6 Å². The molecular weight excluding hydrogens is 238 g/mol. The fourth-order valence-corrected chi connectivity index (χ4v) is 2.81. The van der Waals surface area contributed by atoms with Crippen LogP contribution in [-0.4, -0.2) is 27.2 Å². The Kier molecular flexibility index (Phi) is 3.38. The number of nitrogens with zero attached hydrogens (tertiary/aromatic N) is 3. The number of anilines is 1. The molecule has 19 heavy (non-hydrogen) atoms. The Labute approximate surface area is 113 Å². The smallest absolute Gasteiger partial charge is 0.152 e. The number of nitrogens with two attached hydrogens (primary N) is 1. The van der Waals surface area contributed by atoms with Crippen molar-refractivity contribution in [1.82, 2.24) is 14.6 Å². The van der Waals surface area contributed by atoms with Crippen molar-refractivity contribution in [3.8, 4) is 0 Å². The first-order valence-electron chi connectivity index (χ1n) is 7.03. The first-order chi connectivity index (χ1) is 9.22. The van der Waals surface area contributed by atoms with Gasteiger partial charge in [-0.25, -0.2) is 9.50 Å². The summed E-state index contributed by atoms with van der Waals surface area (Å²) in [6.07, 6.45) is 8.41. The van der Waals surface area contributed by atoms with Gasteiger partial charge in [-0.1, -0.05) is 0 Å². The maximum absolute atomic E-state index is 5.94. The van der Waals surface area contributed by atoms with Crippen molar-refractivity contribution in [2.75, 3.05) is 11.9 Å². The van der Waals surface area contributed by atoms with Crippen LogP contribution in [0.3, 0.4) is 0 Å². The summed E-state index contributed by atoms with van der Waals surface area (Å²) in [7, 11) is 0. The van der Waals surface area contributed by atoms with E-state index in [2.05, 4.69) is 21.5 Å². The second-order valence-corrected chi connectivity index (χ2v) is 5.55. The molecule has 0 atom stereocenters. The van der Waals surface area contributed by atoms with Crippen LogP contribution in [0.4, 0.5) is 5.82 Å². The predicted octanol–water partition coefficient (Wildman–Crippen LogP) is 1.97. The number of hydrogen-bond acceptors (Lipinski definition) is 4. The molecule has 2 aromatic heterocycles. The summed E-state index contributed by atoms with van der Waals surface area (Å²) in [5.41, 5.74) is 8.00. The number of fused-ring (bicyclic) bond motifs is 1. The molecule has 0 bridgehead atoms. The zero-order valence-electron chi connectivity index (χ0n) is 11.3. The standard InChI is InChI=1S/C14H21N5/c1-10-8-13-14(16-6-7-19(13)18-10)17-9-11-2-4-12(15)5-3-11/h6-8,11-12H,2-5,9,15H2,1H3,(H,16,17). The molecule has 3 N–H and O–H groups in total. The molecule has 5 nitrogen and oxygen atoms in total. The summed E-state index contributed by atoms with van der Waals surface area (Å²) in [5, 5.41) is 7.87. The lowest BCUT2D eigenvalue weighted by Gasteiger charge is -2.26. The molecule has 0 saturated heterocycles. The molecule has 0 radical (unpaired) electrons. The molecule has 1 saturated carbocycles. The Bertz CT molecular complexity index is 554. The van der Waals surface area contributed by atoms with E-state index in [9.17, 15) is 0 Å². The fraction of sp³-hybridized carbons (Fsp3) is 0.571. The Balaban J connectivity index is 1.68. The van der Waals surface area contributed by atoms with Gasteiger partial charge in [-0.2, -0.15) is 5.10 Å². The fourth-order valence-electron chi connectivity index (χ4n) is 2.81. The minimum absolute atomic E-state index is 0.412. The van der Waals surface area contributed by atoms with Gasteiger partial charge in [0.2, 0.25) is 0 Å². The molecule has 1 aliphatic carbocycles. The Morgan fingerprint density at radius 3 is 2.95 bits per heavy atom. The van der Waals surface area contributed by atoms with Crippen LogP contribution in [0.15, 0.2) is 18.5 Å². The highest BCUT2D eigenvalue weighted by atomic mass is 15.2. The first kappa shape index (κ1) is 12.4. The molecule has 0 spiro atoms. The van der Waals surface area contributed by atoms with Crippen molar-refractivity contribution in [2.24, 2.45) is 11.7 Å². The molecule has 2 aromatic rings. The molecule has 0 aromatic carbocycles. The summed E-state index contributed by atoms with van der Waals surface area (Å²) in [5.74, 6) is 1.64. The highest BCUT2D eigenvalue weighted by Gasteiger charge is 2.18. The average Bonchev–Trinajstić information content (AvgIpc) is 2.79. The van der Waals surface area contributed by atoms with E-state index in [0.717, 1.165) is 36.4 Å². The van der Waals surface area contributed by atoms with Crippen LogP contribution in [0.5, 0.6) is 0 Å². The van der Waals surface area contributed by atoms with Gasteiger partial charge < -0.3 is 11.1 Å². The lowest BCUT2D eigenvalue weighted by atomic mass is 9.86. The van der Waals surface area contributed by atoms with Gasteiger partial charge in [-0.3, -0.25) is 0 Å². The minimum atomic E-state index is 0.412. The maximum atomic E-state index is 5.94. The van der Waals surface area contributed by atoms with E-state index in [1.165, 1.54) is 12.8 Å². The van der Waals surface area contributed by atoms with E-state index in [1.807, 2.05) is 17.6 Å². The average molecular weight is 259 g/mol. The maximum Gasteiger partial charge on any atom is 0.152 e. The Hall–Kier alpha value is -1.62. The molecule has 102 valence electrons. The van der Waals surface area contributed by atoms with Gasteiger partial charge in [0.15, 0.2) is 5.82 Å².